The van der Waals surface area contributed by atoms with E-state index in [9.17, 15) is 9.59 Å². The monoisotopic (exact) mass is 470 g/mol. The van der Waals surface area contributed by atoms with Crippen LogP contribution in [0, 0.1) is 13.8 Å². The molecule has 4 aromatic rings. The maximum Gasteiger partial charge on any atom is 0.262 e. The largest absolute Gasteiger partial charge is 0.484 e. The predicted octanol–water partition coefficient (Wildman–Crippen LogP) is 6.13. The van der Waals surface area contributed by atoms with Gasteiger partial charge in [-0.1, -0.05) is 56.0 Å². The SMILES string of the molecule is C.Cc1cccc(OCC(=O)Nc2cccc3c(NC(=O)COc4cccc(C)c4)cccc23)c1. The summed E-state index contributed by atoms with van der Waals surface area (Å²) in [6.07, 6.45) is 0. The second-order valence-corrected chi connectivity index (χ2v) is 8.01. The molecule has 6 nitrogen and oxygen atoms in total. The van der Waals surface area contributed by atoms with Crippen LogP contribution in [0.15, 0.2) is 84.9 Å². The van der Waals surface area contributed by atoms with Gasteiger partial charge in [-0.05, 0) is 61.4 Å². The highest BCUT2D eigenvalue weighted by Gasteiger charge is 2.11. The van der Waals surface area contributed by atoms with Crippen molar-refractivity contribution in [2.45, 2.75) is 21.3 Å². The first kappa shape index (κ1) is 25.3. The van der Waals surface area contributed by atoms with E-state index in [0.717, 1.165) is 21.9 Å². The van der Waals surface area contributed by atoms with Gasteiger partial charge in [0, 0.05) is 22.1 Å². The minimum Gasteiger partial charge on any atom is -0.484 e. The van der Waals surface area contributed by atoms with Crippen molar-refractivity contribution >= 4 is 34.0 Å². The molecular weight excluding hydrogens is 440 g/mol. The molecule has 2 N–H and O–H groups in total. The van der Waals surface area contributed by atoms with Crippen LogP contribution >= 0.6 is 0 Å². The van der Waals surface area contributed by atoms with E-state index in [0.29, 0.717) is 22.9 Å². The molecule has 0 bridgehead atoms. The van der Waals surface area contributed by atoms with E-state index in [2.05, 4.69) is 10.6 Å². The van der Waals surface area contributed by atoms with E-state index < -0.39 is 0 Å². The molecule has 35 heavy (non-hydrogen) atoms. The van der Waals surface area contributed by atoms with Crippen molar-refractivity contribution < 1.29 is 19.1 Å². The number of hydrogen-bond donors (Lipinski definition) is 2. The zero-order valence-electron chi connectivity index (χ0n) is 19.1. The number of anilines is 2. The third-order valence-corrected chi connectivity index (χ3v) is 5.19. The summed E-state index contributed by atoms with van der Waals surface area (Å²) >= 11 is 0. The predicted molar refractivity (Wildman–Crippen MR) is 141 cm³/mol. The molecule has 2 amide bonds. The Morgan fingerprint density at radius 3 is 1.43 bits per heavy atom. The molecule has 0 heterocycles. The number of benzene rings is 4. The van der Waals surface area contributed by atoms with E-state index in [-0.39, 0.29) is 32.5 Å². The minimum absolute atomic E-state index is 0. The van der Waals surface area contributed by atoms with Crippen molar-refractivity contribution in [2.75, 3.05) is 23.8 Å². The number of fused-ring (bicyclic) bond motifs is 1. The fourth-order valence-corrected chi connectivity index (χ4v) is 3.61. The third-order valence-electron chi connectivity index (χ3n) is 5.19. The van der Waals surface area contributed by atoms with Crippen LogP contribution in [0.2, 0.25) is 0 Å². The van der Waals surface area contributed by atoms with Crippen LogP contribution in [0.5, 0.6) is 11.5 Å². The standard InChI is InChI=1S/C28H26N2O4.CH4/c1-19-7-3-9-21(15-19)33-17-27(31)29-25-13-5-12-24-23(25)11-6-14-26(24)30-28(32)18-34-22-10-4-8-20(2)16-22;/h3-16H,17-18H2,1-2H3,(H,29,31)(H,30,32);1H4. The van der Waals surface area contributed by atoms with Gasteiger partial charge in [-0.15, -0.1) is 0 Å². The number of carbonyl (C=O) groups is 2. The van der Waals surface area contributed by atoms with Crippen molar-refractivity contribution in [2.24, 2.45) is 0 Å². The summed E-state index contributed by atoms with van der Waals surface area (Å²) in [4.78, 5) is 25.0. The first-order valence-electron chi connectivity index (χ1n) is 11.0. The maximum atomic E-state index is 12.5. The molecule has 0 saturated carbocycles. The molecule has 180 valence electrons. The van der Waals surface area contributed by atoms with Crippen LogP contribution < -0.4 is 20.1 Å². The summed E-state index contributed by atoms with van der Waals surface area (Å²) in [7, 11) is 0. The molecule has 4 aromatic carbocycles. The fraction of sp³-hybridized carbons (Fsp3) is 0.172. The van der Waals surface area contributed by atoms with Crippen molar-refractivity contribution in [3.63, 3.8) is 0 Å². The lowest BCUT2D eigenvalue weighted by molar-refractivity contribution is -0.118. The molecule has 0 atom stereocenters. The number of ether oxygens (including phenoxy) is 2. The Morgan fingerprint density at radius 1 is 0.629 bits per heavy atom. The fourth-order valence-electron chi connectivity index (χ4n) is 3.61. The van der Waals surface area contributed by atoms with Crippen LogP contribution in [0.4, 0.5) is 11.4 Å². The van der Waals surface area contributed by atoms with Crippen LogP contribution in [-0.4, -0.2) is 25.0 Å². The zero-order valence-corrected chi connectivity index (χ0v) is 19.1. The lowest BCUT2D eigenvalue weighted by Gasteiger charge is -2.13. The Balaban J connectivity index is 0.00000342. The summed E-state index contributed by atoms with van der Waals surface area (Å²) in [5.41, 5.74) is 3.40. The van der Waals surface area contributed by atoms with Crippen molar-refractivity contribution in [3.8, 4) is 11.5 Å². The highest BCUT2D eigenvalue weighted by Crippen LogP contribution is 2.29. The topological polar surface area (TPSA) is 76.7 Å². The molecule has 0 aliphatic carbocycles. The van der Waals surface area contributed by atoms with Crippen LogP contribution in [0.3, 0.4) is 0 Å². The number of amides is 2. The van der Waals surface area contributed by atoms with E-state index in [1.807, 2.05) is 98.8 Å². The number of rotatable bonds is 8. The average molecular weight is 471 g/mol. The van der Waals surface area contributed by atoms with Gasteiger partial charge in [0.05, 0.1) is 0 Å². The lowest BCUT2D eigenvalue weighted by atomic mass is 10.1. The minimum atomic E-state index is -0.269. The first-order chi connectivity index (χ1) is 16.5. The molecular formula is C29H30N2O4. The van der Waals surface area contributed by atoms with Gasteiger partial charge in [0.1, 0.15) is 11.5 Å². The van der Waals surface area contributed by atoms with Gasteiger partial charge in [-0.25, -0.2) is 0 Å². The number of nitrogens with one attached hydrogen (secondary N) is 2. The van der Waals surface area contributed by atoms with Gasteiger partial charge < -0.3 is 20.1 Å². The van der Waals surface area contributed by atoms with Gasteiger partial charge in [0.25, 0.3) is 11.8 Å². The Kier molecular flexibility index (Phi) is 8.46. The molecule has 0 unspecified atom stereocenters. The molecule has 6 heteroatoms. The van der Waals surface area contributed by atoms with Gasteiger partial charge in [-0.3, -0.25) is 9.59 Å². The van der Waals surface area contributed by atoms with Gasteiger partial charge in [0.15, 0.2) is 13.2 Å². The second kappa shape index (κ2) is 11.7. The van der Waals surface area contributed by atoms with Crippen molar-refractivity contribution in [1.82, 2.24) is 0 Å². The molecule has 0 aromatic heterocycles. The molecule has 4 rings (SSSR count). The smallest absolute Gasteiger partial charge is 0.262 e. The lowest BCUT2D eigenvalue weighted by Crippen LogP contribution is -2.21. The van der Waals surface area contributed by atoms with E-state index in [1.165, 1.54) is 0 Å². The highest BCUT2D eigenvalue weighted by molar-refractivity contribution is 6.09. The maximum absolute atomic E-state index is 12.5. The zero-order chi connectivity index (χ0) is 23.9. The summed E-state index contributed by atoms with van der Waals surface area (Å²) in [6, 6.07) is 26.2. The Hall–Kier alpha value is -4.32. The van der Waals surface area contributed by atoms with E-state index in [4.69, 9.17) is 9.47 Å². The summed E-state index contributed by atoms with van der Waals surface area (Å²) in [6.45, 7) is 3.72. The molecule has 0 aliphatic heterocycles. The number of hydrogen-bond acceptors (Lipinski definition) is 4. The second-order valence-electron chi connectivity index (χ2n) is 8.01. The van der Waals surface area contributed by atoms with Gasteiger partial charge >= 0.3 is 0 Å². The molecule has 0 radical (unpaired) electrons. The van der Waals surface area contributed by atoms with E-state index in [1.54, 1.807) is 0 Å². The van der Waals surface area contributed by atoms with Crippen LogP contribution in [0.1, 0.15) is 18.6 Å². The molecule has 0 aliphatic rings. The van der Waals surface area contributed by atoms with Crippen LogP contribution in [0.25, 0.3) is 10.8 Å². The molecule has 0 spiro atoms. The number of aryl methyl sites for hydroxylation is 2. The molecule has 0 saturated heterocycles. The Labute approximate surface area is 205 Å². The summed E-state index contributed by atoms with van der Waals surface area (Å²) < 4.78 is 11.2. The van der Waals surface area contributed by atoms with Gasteiger partial charge in [0.2, 0.25) is 0 Å². The van der Waals surface area contributed by atoms with Crippen molar-refractivity contribution in [1.29, 1.82) is 0 Å². The van der Waals surface area contributed by atoms with Gasteiger partial charge in [-0.2, -0.15) is 0 Å². The number of carbonyl (C=O) groups excluding carboxylic acids is 2. The highest BCUT2D eigenvalue weighted by atomic mass is 16.5. The average Bonchev–Trinajstić information content (AvgIpc) is 2.82. The van der Waals surface area contributed by atoms with E-state index >= 15 is 0 Å². The normalized spacial score (nSPS) is 10.2. The first-order valence-corrected chi connectivity index (χ1v) is 11.0. The van der Waals surface area contributed by atoms with Crippen LogP contribution in [-0.2, 0) is 9.59 Å². The Bertz CT molecular complexity index is 1230. The Morgan fingerprint density at radius 2 is 1.03 bits per heavy atom. The summed E-state index contributed by atoms with van der Waals surface area (Å²) in [5, 5.41) is 7.42. The van der Waals surface area contributed by atoms with Crippen molar-refractivity contribution in [3.05, 3.63) is 96.1 Å². The summed E-state index contributed by atoms with van der Waals surface area (Å²) in [5.74, 6) is 0.752. The quantitative estimate of drug-likeness (QED) is 0.325. The molecule has 0 fully saturated rings. The third kappa shape index (κ3) is 6.84.